The van der Waals surface area contributed by atoms with Crippen molar-refractivity contribution >= 4 is 28.0 Å². The number of nitrogens with one attached hydrogen (secondary N) is 1. The van der Waals surface area contributed by atoms with Gasteiger partial charge in [0.15, 0.2) is 0 Å². The molecule has 1 heterocycles. The van der Waals surface area contributed by atoms with Crippen LogP contribution in [0.15, 0.2) is 0 Å². The largest absolute Gasteiger partial charge is 0.465 e. The molecule has 1 saturated carbocycles. The van der Waals surface area contributed by atoms with E-state index in [2.05, 4.69) is 5.32 Å². The Bertz CT molecular complexity index is 441. The standard InChI is InChI=1S/C12H18N2O3S/c1-16-6-5-14-11-8(7-3-4-7)9(13)10(18-11)12(15)17-2/h7,14H,3-6,13H2,1-2H3. The summed E-state index contributed by atoms with van der Waals surface area (Å²) >= 11 is 1.37. The van der Waals surface area contributed by atoms with E-state index in [0.29, 0.717) is 29.6 Å². The highest BCUT2D eigenvalue weighted by Crippen LogP contribution is 2.50. The van der Waals surface area contributed by atoms with E-state index in [4.69, 9.17) is 15.2 Å². The highest BCUT2D eigenvalue weighted by atomic mass is 32.1. The van der Waals surface area contributed by atoms with Crippen LogP contribution >= 0.6 is 11.3 Å². The zero-order chi connectivity index (χ0) is 13.1. The zero-order valence-electron chi connectivity index (χ0n) is 10.6. The summed E-state index contributed by atoms with van der Waals surface area (Å²) in [5.41, 5.74) is 7.72. The van der Waals surface area contributed by atoms with Gasteiger partial charge in [-0.2, -0.15) is 0 Å². The van der Waals surface area contributed by atoms with Crippen molar-refractivity contribution in [2.24, 2.45) is 0 Å². The Morgan fingerprint density at radius 2 is 2.22 bits per heavy atom. The molecule has 3 N–H and O–H groups in total. The van der Waals surface area contributed by atoms with E-state index in [0.717, 1.165) is 23.4 Å². The molecule has 1 aromatic heterocycles. The minimum atomic E-state index is -0.362. The number of anilines is 2. The number of carbonyl (C=O) groups is 1. The fourth-order valence-electron chi connectivity index (χ4n) is 1.88. The third-order valence-electron chi connectivity index (χ3n) is 2.93. The second kappa shape index (κ2) is 5.58. The Morgan fingerprint density at radius 3 is 2.78 bits per heavy atom. The first-order valence-electron chi connectivity index (χ1n) is 5.92. The van der Waals surface area contributed by atoms with Gasteiger partial charge in [-0.05, 0) is 18.8 Å². The van der Waals surface area contributed by atoms with Crippen molar-refractivity contribution in [3.05, 3.63) is 10.4 Å². The molecule has 0 atom stereocenters. The summed E-state index contributed by atoms with van der Waals surface area (Å²) < 4.78 is 9.75. The molecule has 1 aromatic rings. The highest BCUT2D eigenvalue weighted by Gasteiger charge is 2.33. The number of carbonyl (C=O) groups excluding carboxylic acids is 1. The normalized spacial score (nSPS) is 14.6. The van der Waals surface area contributed by atoms with Crippen LogP contribution in [0.2, 0.25) is 0 Å². The van der Waals surface area contributed by atoms with Crippen molar-refractivity contribution in [2.75, 3.05) is 38.4 Å². The minimum Gasteiger partial charge on any atom is -0.465 e. The molecular weight excluding hydrogens is 252 g/mol. The van der Waals surface area contributed by atoms with Crippen molar-refractivity contribution in [1.82, 2.24) is 0 Å². The van der Waals surface area contributed by atoms with Gasteiger partial charge in [0.05, 0.1) is 24.4 Å². The van der Waals surface area contributed by atoms with Crippen LogP contribution in [-0.4, -0.2) is 33.3 Å². The van der Waals surface area contributed by atoms with Crippen LogP contribution in [-0.2, 0) is 9.47 Å². The van der Waals surface area contributed by atoms with Gasteiger partial charge in [-0.25, -0.2) is 4.79 Å². The first-order chi connectivity index (χ1) is 8.69. The molecule has 0 amide bonds. The third kappa shape index (κ3) is 2.59. The monoisotopic (exact) mass is 270 g/mol. The molecule has 2 rings (SSSR count). The summed E-state index contributed by atoms with van der Waals surface area (Å²) in [4.78, 5) is 12.1. The topological polar surface area (TPSA) is 73.6 Å². The van der Waals surface area contributed by atoms with Crippen LogP contribution in [0.3, 0.4) is 0 Å². The van der Waals surface area contributed by atoms with Crippen LogP contribution in [0.5, 0.6) is 0 Å². The number of methoxy groups -OCH3 is 2. The highest BCUT2D eigenvalue weighted by molar-refractivity contribution is 7.18. The second-order valence-electron chi connectivity index (χ2n) is 4.27. The fourth-order valence-corrected chi connectivity index (χ4v) is 3.03. The summed E-state index contributed by atoms with van der Waals surface area (Å²) in [6.45, 7) is 1.33. The van der Waals surface area contributed by atoms with Gasteiger partial charge in [0.1, 0.15) is 4.88 Å². The number of hydrogen-bond acceptors (Lipinski definition) is 6. The SMILES string of the molecule is COCCNc1sc(C(=O)OC)c(N)c1C1CC1. The number of rotatable bonds is 6. The lowest BCUT2D eigenvalue weighted by molar-refractivity contribution is 0.0607. The van der Waals surface area contributed by atoms with Gasteiger partial charge < -0.3 is 20.5 Å². The molecule has 100 valence electrons. The smallest absolute Gasteiger partial charge is 0.350 e. The Kier molecular flexibility index (Phi) is 4.08. The third-order valence-corrected chi connectivity index (χ3v) is 4.09. The number of nitrogens with two attached hydrogens (primary N) is 1. The van der Waals surface area contributed by atoms with Gasteiger partial charge in [0.2, 0.25) is 0 Å². The summed E-state index contributed by atoms with van der Waals surface area (Å²) in [5, 5.41) is 4.26. The average Bonchev–Trinajstić information content (AvgIpc) is 3.14. The van der Waals surface area contributed by atoms with Gasteiger partial charge >= 0.3 is 5.97 Å². The van der Waals surface area contributed by atoms with E-state index in [1.807, 2.05) is 0 Å². The van der Waals surface area contributed by atoms with Crippen LogP contribution in [0, 0.1) is 0 Å². The maximum absolute atomic E-state index is 11.6. The van der Waals surface area contributed by atoms with Crippen LogP contribution < -0.4 is 11.1 Å². The first-order valence-corrected chi connectivity index (χ1v) is 6.74. The van der Waals surface area contributed by atoms with Gasteiger partial charge in [0.25, 0.3) is 0 Å². The lowest BCUT2D eigenvalue weighted by atomic mass is 10.1. The molecule has 5 nitrogen and oxygen atoms in total. The maximum atomic E-state index is 11.6. The van der Waals surface area contributed by atoms with E-state index in [-0.39, 0.29) is 5.97 Å². The lowest BCUT2D eigenvalue weighted by Gasteiger charge is -2.06. The fraction of sp³-hybridized carbons (Fsp3) is 0.583. The minimum absolute atomic E-state index is 0.362. The van der Waals surface area contributed by atoms with E-state index in [9.17, 15) is 4.79 Å². The van der Waals surface area contributed by atoms with Crippen molar-refractivity contribution in [2.45, 2.75) is 18.8 Å². The molecule has 18 heavy (non-hydrogen) atoms. The van der Waals surface area contributed by atoms with Crippen molar-refractivity contribution < 1.29 is 14.3 Å². The lowest BCUT2D eigenvalue weighted by Crippen LogP contribution is -2.07. The molecule has 1 fully saturated rings. The Balaban J connectivity index is 2.23. The predicted octanol–water partition coefficient (Wildman–Crippen LogP) is 2.05. The Hall–Kier alpha value is -1.27. The Labute approximate surface area is 110 Å². The van der Waals surface area contributed by atoms with Gasteiger partial charge in [-0.3, -0.25) is 0 Å². The van der Waals surface area contributed by atoms with Crippen molar-refractivity contribution in [3.8, 4) is 0 Å². The molecule has 0 aliphatic heterocycles. The molecule has 1 aliphatic rings. The van der Waals surface area contributed by atoms with E-state index >= 15 is 0 Å². The number of ether oxygens (including phenoxy) is 2. The second-order valence-corrected chi connectivity index (χ2v) is 5.29. The van der Waals surface area contributed by atoms with Crippen molar-refractivity contribution in [3.63, 3.8) is 0 Å². The maximum Gasteiger partial charge on any atom is 0.350 e. The summed E-state index contributed by atoms with van der Waals surface area (Å²) in [6, 6.07) is 0. The molecule has 0 radical (unpaired) electrons. The van der Waals surface area contributed by atoms with E-state index in [1.165, 1.54) is 18.4 Å². The Morgan fingerprint density at radius 1 is 1.50 bits per heavy atom. The number of nitrogen functional groups attached to an aromatic ring is 1. The van der Waals surface area contributed by atoms with Gasteiger partial charge in [0, 0.05) is 19.2 Å². The molecule has 0 aromatic carbocycles. The van der Waals surface area contributed by atoms with E-state index < -0.39 is 0 Å². The zero-order valence-corrected chi connectivity index (χ0v) is 11.4. The van der Waals surface area contributed by atoms with Crippen LogP contribution in [0.1, 0.15) is 34.0 Å². The number of thiophene rings is 1. The molecule has 1 aliphatic carbocycles. The molecule has 6 heteroatoms. The number of hydrogen-bond donors (Lipinski definition) is 2. The quantitative estimate of drug-likeness (QED) is 0.611. The van der Waals surface area contributed by atoms with E-state index in [1.54, 1.807) is 7.11 Å². The summed E-state index contributed by atoms with van der Waals surface area (Å²) in [7, 11) is 3.03. The first kappa shape index (κ1) is 13.2. The molecule has 0 spiro atoms. The molecule has 0 unspecified atom stereocenters. The van der Waals surface area contributed by atoms with Crippen LogP contribution in [0.4, 0.5) is 10.7 Å². The average molecular weight is 270 g/mol. The van der Waals surface area contributed by atoms with Crippen molar-refractivity contribution in [1.29, 1.82) is 0 Å². The number of esters is 1. The summed E-state index contributed by atoms with van der Waals surface area (Å²) in [6.07, 6.45) is 2.28. The predicted molar refractivity (Wildman–Crippen MR) is 72.4 cm³/mol. The molecule has 0 saturated heterocycles. The molecular formula is C12H18N2O3S. The molecule has 0 bridgehead atoms. The van der Waals surface area contributed by atoms with Crippen LogP contribution in [0.25, 0.3) is 0 Å². The van der Waals surface area contributed by atoms with Gasteiger partial charge in [-0.1, -0.05) is 0 Å². The van der Waals surface area contributed by atoms with Gasteiger partial charge in [-0.15, -0.1) is 11.3 Å². The summed E-state index contributed by atoms with van der Waals surface area (Å²) in [5.74, 6) is 0.129.